The van der Waals surface area contributed by atoms with Gasteiger partial charge < -0.3 is 4.74 Å². The standard InChI is InChI=1S/C17H11Cl2FO3/c18-13-6-3-7-15(20)11(13)8-9-17(22)23-10-16(21)12-4-1-2-5-14(12)19/h1-9H,10H2/b9-8+. The molecule has 6 heteroatoms. The number of hydrogen-bond acceptors (Lipinski definition) is 3. The molecule has 0 amide bonds. The molecule has 0 N–H and O–H groups in total. The molecular weight excluding hydrogens is 342 g/mol. The first-order valence-corrected chi connectivity index (χ1v) is 7.31. The average Bonchev–Trinajstić information content (AvgIpc) is 2.52. The number of rotatable bonds is 5. The first kappa shape index (κ1) is 17.2. The first-order chi connectivity index (χ1) is 11.0. The van der Waals surface area contributed by atoms with Crippen molar-refractivity contribution in [3.63, 3.8) is 0 Å². The van der Waals surface area contributed by atoms with Crippen molar-refractivity contribution in [2.24, 2.45) is 0 Å². The summed E-state index contributed by atoms with van der Waals surface area (Å²) in [6.45, 7) is -0.460. The normalized spacial score (nSPS) is 10.7. The second-order valence-electron chi connectivity index (χ2n) is 4.48. The molecule has 2 aromatic rings. The van der Waals surface area contributed by atoms with E-state index in [0.717, 1.165) is 6.08 Å². The minimum atomic E-state index is -0.787. The molecule has 118 valence electrons. The van der Waals surface area contributed by atoms with Crippen LogP contribution in [0.15, 0.2) is 48.5 Å². The van der Waals surface area contributed by atoms with Gasteiger partial charge in [0.25, 0.3) is 0 Å². The number of benzene rings is 2. The van der Waals surface area contributed by atoms with E-state index >= 15 is 0 Å². The van der Waals surface area contributed by atoms with Crippen LogP contribution >= 0.6 is 23.2 Å². The van der Waals surface area contributed by atoms with Crippen molar-refractivity contribution in [1.29, 1.82) is 0 Å². The number of Topliss-reactive ketones (excluding diaryl/α,β-unsaturated/α-hetero) is 1. The van der Waals surface area contributed by atoms with E-state index in [0.29, 0.717) is 0 Å². The summed E-state index contributed by atoms with van der Waals surface area (Å²) < 4.78 is 18.3. The molecule has 2 aromatic carbocycles. The Balaban J connectivity index is 1.97. The molecule has 0 heterocycles. The van der Waals surface area contributed by atoms with Gasteiger partial charge in [-0.3, -0.25) is 4.79 Å². The number of ketones is 1. The fourth-order valence-electron chi connectivity index (χ4n) is 1.77. The molecule has 0 aliphatic heterocycles. The van der Waals surface area contributed by atoms with Crippen LogP contribution in [-0.4, -0.2) is 18.4 Å². The average molecular weight is 353 g/mol. The SMILES string of the molecule is O=C(/C=C/c1c(F)cccc1Cl)OCC(=O)c1ccccc1Cl. The van der Waals surface area contributed by atoms with Crippen LogP contribution in [0.1, 0.15) is 15.9 Å². The molecule has 0 radical (unpaired) electrons. The fraction of sp³-hybridized carbons (Fsp3) is 0.0588. The molecule has 2 rings (SSSR count). The van der Waals surface area contributed by atoms with E-state index in [2.05, 4.69) is 0 Å². The third kappa shape index (κ3) is 4.65. The Morgan fingerprint density at radius 1 is 1.04 bits per heavy atom. The zero-order valence-corrected chi connectivity index (χ0v) is 13.3. The summed E-state index contributed by atoms with van der Waals surface area (Å²) in [5, 5.41) is 0.448. The van der Waals surface area contributed by atoms with Crippen LogP contribution in [0.3, 0.4) is 0 Å². The summed E-state index contributed by atoms with van der Waals surface area (Å²) in [5.41, 5.74) is 0.339. The topological polar surface area (TPSA) is 43.4 Å². The van der Waals surface area contributed by atoms with E-state index in [9.17, 15) is 14.0 Å². The molecule has 23 heavy (non-hydrogen) atoms. The lowest BCUT2D eigenvalue weighted by molar-refractivity contribution is -0.136. The molecule has 0 atom stereocenters. The van der Waals surface area contributed by atoms with Crippen LogP contribution in [0.2, 0.25) is 10.0 Å². The number of halogens is 3. The van der Waals surface area contributed by atoms with Gasteiger partial charge in [0.15, 0.2) is 6.61 Å². The Labute approximate surface area is 142 Å². The van der Waals surface area contributed by atoms with Crippen molar-refractivity contribution >= 4 is 41.0 Å². The molecule has 0 bridgehead atoms. The van der Waals surface area contributed by atoms with Gasteiger partial charge in [-0.25, -0.2) is 9.18 Å². The predicted octanol–water partition coefficient (Wildman–Crippen LogP) is 4.57. The lowest BCUT2D eigenvalue weighted by atomic mass is 10.1. The fourth-order valence-corrected chi connectivity index (χ4v) is 2.24. The number of carbonyl (C=O) groups excluding carboxylic acids is 2. The van der Waals surface area contributed by atoms with Crippen LogP contribution in [0.4, 0.5) is 4.39 Å². The largest absolute Gasteiger partial charge is 0.454 e. The summed E-state index contributed by atoms with van der Waals surface area (Å²) in [7, 11) is 0. The lowest BCUT2D eigenvalue weighted by Crippen LogP contribution is -2.12. The molecule has 0 spiro atoms. The molecule has 0 fully saturated rings. The smallest absolute Gasteiger partial charge is 0.331 e. The van der Waals surface area contributed by atoms with Gasteiger partial charge in [0.1, 0.15) is 5.82 Å². The van der Waals surface area contributed by atoms with Gasteiger partial charge in [-0.1, -0.05) is 41.4 Å². The van der Waals surface area contributed by atoms with E-state index in [1.165, 1.54) is 30.3 Å². The van der Waals surface area contributed by atoms with Gasteiger partial charge in [0.2, 0.25) is 5.78 Å². The van der Waals surface area contributed by atoms with Crippen molar-refractivity contribution in [3.05, 3.63) is 75.5 Å². The second-order valence-corrected chi connectivity index (χ2v) is 5.29. The van der Waals surface area contributed by atoms with Gasteiger partial charge in [-0.2, -0.15) is 0 Å². The highest BCUT2D eigenvalue weighted by atomic mass is 35.5. The minimum absolute atomic E-state index is 0.0727. The Kier molecular flexibility index (Phi) is 5.90. The van der Waals surface area contributed by atoms with Crippen LogP contribution < -0.4 is 0 Å². The van der Waals surface area contributed by atoms with E-state index in [1.807, 2.05) is 0 Å². The third-order valence-electron chi connectivity index (χ3n) is 2.91. The Morgan fingerprint density at radius 3 is 2.43 bits per heavy atom. The summed E-state index contributed by atoms with van der Waals surface area (Å²) in [6, 6.07) is 10.6. The molecule has 0 saturated carbocycles. The van der Waals surface area contributed by atoms with Crippen LogP contribution in [0.5, 0.6) is 0 Å². The Bertz CT molecular complexity index is 752. The third-order valence-corrected chi connectivity index (χ3v) is 3.56. The predicted molar refractivity (Wildman–Crippen MR) is 87.2 cm³/mol. The van der Waals surface area contributed by atoms with E-state index in [1.54, 1.807) is 18.2 Å². The Hall–Kier alpha value is -2.17. The lowest BCUT2D eigenvalue weighted by Gasteiger charge is -2.04. The van der Waals surface area contributed by atoms with Crippen LogP contribution in [-0.2, 0) is 9.53 Å². The molecule has 0 unspecified atom stereocenters. The monoisotopic (exact) mass is 352 g/mol. The molecule has 3 nitrogen and oxygen atoms in total. The number of ether oxygens (including phenoxy) is 1. The zero-order chi connectivity index (χ0) is 16.8. The highest BCUT2D eigenvalue weighted by molar-refractivity contribution is 6.34. The van der Waals surface area contributed by atoms with Crippen molar-refractivity contribution in [2.75, 3.05) is 6.61 Å². The highest BCUT2D eigenvalue weighted by Gasteiger charge is 2.11. The molecule has 0 saturated heterocycles. The molecular formula is C17H11Cl2FO3. The van der Waals surface area contributed by atoms with Gasteiger partial charge in [0, 0.05) is 17.2 Å². The van der Waals surface area contributed by atoms with E-state index in [-0.39, 0.29) is 21.2 Å². The molecule has 0 aliphatic rings. The molecule has 0 aliphatic carbocycles. The van der Waals surface area contributed by atoms with Crippen molar-refractivity contribution in [1.82, 2.24) is 0 Å². The van der Waals surface area contributed by atoms with Crippen molar-refractivity contribution in [2.45, 2.75) is 0 Å². The van der Waals surface area contributed by atoms with Crippen molar-refractivity contribution in [3.8, 4) is 0 Å². The van der Waals surface area contributed by atoms with Crippen LogP contribution in [0, 0.1) is 5.82 Å². The van der Waals surface area contributed by atoms with Gasteiger partial charge in [-0.05, 0) is 30.3 Å². The maximum atomic E-state index is 13.5. The van der Waals surface area contributed by atoms with Gasteiger partial charge in [0.05, 0.1) is 10.0 Å². The quantitative estimate of drug-likeness (QED) is 0.449. The van der Waals surface area contributed by atoms with Gasteiger partial charge >= 0.3 is 5.97 Å². The number of esters is 1. The van der Waals surface area contributed by atoms with E-state index < -0.39 is 24.2 Å². The van der Waals surface area contributed by atoms with Crippen LogP contribution in [0.25, 0.3) is 6.08 Å². The second kappa shape index (κ2) is 7.90. The summed E-state index contributed by atoms with van der Waals surface area (Å²) >= 11 is 11.7. The maximum absolute atomic E-state index is 13.5. The minimum Gasteiger partial charge on any atom is -0.454 e. The molecule has 0 aromatic heterocycles. The Morgan fingerprint density at radius 2 is 1.74 bits per heavy atom. The number of hydrogen-bond donors (Lipinski definition) is 0. The highest BCUT2D eigenvalue weighted by Crippen LogP contribution is 2.20. The van der Waals surface area contributed by atoms with Gasteiger partial charge in [-0.15, -0.1) is 0 Å². The zero-order valence-electron chi connectivity index (χ0n) is 11.8. The number of carbonyl (C=O) groups is 2. The van der Waals surface area contributed by atoms with E-state index in [4.69, 9.17) is 27.9 Å². The summed E-state index contributed by atoms with van der Waals surface area (Å²) in [6.07, 6.45) is 2.20. The summed E-state index contributed by atoms with van der Waals surface area (Å²) in [4.78, 5) is 23.5. The van der Waals surface area contributed by atoms with Crippen molar-refractivity contribution < 1.29 is 18.7 Å². The summed E-state index contributed by atoms with van der Waals surface area (Å²) in [5.74, 6) is -1.78. The first-order valence-electron chi connectivity index (χ1n) is 6.55. The maximum Gasteiger partial charge on any atom is 0.331 e.